The number of carbonyl (C=O) groups is 2. The summed E-state index contributed by atoms with van der Waals surface area (Å²) in [6, 6.07) is 8.04. The van der Waals surface area contributed by atoms with Crippen LogP contribution in [0.25, 0.3) is 0 Å². The number of ether oxygens (including phenoxy) is 1. The van der Waals surface area contributed by atoms with Crippen molar-refractivity contribution in [1.82, 2.24) is 10.6 Å². The molecule has 5 aliphatic carbocycles. The van der Waals surface area contributed by atoms with Gasteiger partial charge in [-0.2, -0.15) is 0 Å². The van der Waals surface area contributed by atoms with Crippen molar-refractivity contribution in [2.45, 2.75) is 84.2 Å². The van der Waals surface area contributed by atoms with Crippen molar-refractivity contribution in [3.63, 3.8) is 0 Å². The van der Waals surface area contributed by atoms with E-state index in [1.165, 1.54) is 19.3 Å². The lowest BCUT2D eigenvalue weighted by atomic mass is 9.40. The van der Waals surface area contributed by atoms with Gasteiger partial charge < -0.3 is 15.4 Å². The first kappa shape index (κ1) is 20.8. The van der Waals surface area contributed by atoms with Crippen molar-refractivity contribution in [3.05, 3.63) is 29.8 Å². The van der Waals surface area contributed by atoms with Crippen molar-refractivity contribution in [1.29, 1.82) is 0 Å². The summed E-state index contributed by atoms with van der Waals surface area (Å²) < 4.78 is 5.60. The first-order valence-electron chi connectivity index (χ1n) is 12.0. The van der Waals surface area contributed by atoms with Crippen molar-refractivity contribution < 1.29 is 14.3 Å². The van der Waals surface area contributed by atoms with Gasteiger partial charge in [-0.05, 0) is 92.7 Å². The molecule has 2 amide bonds. The molecule has 2 N–H and O–H groups in total. The Bertz CT molecular complexity index is 857. The quantitative estimate of drug-likeness (QED) is 0.676. The zero-order valence-corrected chi connectivity index (χ0v) is 19.1. The fraction of sp³-hybridized carbons (Fsp3) is 0.692. The number of rotatable bonds is 7. The molecule has 5 fully saturated rings. The van der Waals surface area contributed by atoms with E-state index in [1.807, 2.05) is 24.3 Å². The van der Waals surface area contributed by atoms with Gasteiger partial charge in [0, 0.05) is 6.04 Å². The van der Waals surface area contributed by atoms with Crippen molar-refractivity contribution in [2.24, 2.45) is 22.2 Å². The molecule has 0 spiro atoms. The molecule has 1 aromatic rings. The van der Waals surface area contributed by atoms with E-state index < -0.39 is 0 Å². The lowest BCUT2D eigenvalue weighted by molar-refractivity contribution is -0.170. The molecule has 0 saturated heterocycles. The predicted molar refractivity (Wildman–Crippen MR) is 119 cm³/mol. The minimum Gasteiger partial charge on any atom is -0.484 e. The fourth-order valence-electron chi connectivity index (χ4n) is 7.63. The summed E-state index contributed by atoms with van der Waals surface area (Å²) in [4.78, 5) is 25.3. The van der Waals surface area contributed by atoms with Gasteiger partial charge in [-0.25, -0.2) is 0 Å². The van der Waals surface area contributed by atoms with E-state index in [2.05, 4.69) is 31.4 Å². The largest absolute Gasteiger partial charge is 0.484 e. The molecule has 168 valence electrons. The molecule has 1 aromatic carbocycles. The molecule has 31 heavy (non-hydrogen) atoms. The van der Waals surface area contributed by atoms with Crippen LogP contribution in [0.2, 0.25) is 0 Å². The highest BCUT2D eigenvalue weighted by Crippen LogP contribution is 2.69. The maximum absolute atomic E-state index is 13.5. The second-order valence-electron chi connectivity index (χ2n) is 11.8. The lowest BCUT2D eigenvalue weighted by Gasteiger charge is -2.64. The van der Waals surface area contributed by atoms with Crippen LogP contribution in [0.3, 0.4) is 0 Å². The van der Waals surface area contributed by atoms with Gasteiger partial charge in [0.2, 0.25) is 5.91 Å². The number of carbonyl (C=O) groups excluding carboxylic acids is 2. The normalized spacial score (nSPS) is 36.7. The summed E-state index contributed by atoms with van der Waals surface area (Å²) in [5.74, 6) is 1.57. The van der Waals surface area contributed by atoms with Crippen molar-refractivity contribution >= 4 is 11.8 Å². The van der Waals surface area contributed by atoms with Crippen LogP contribution in [0.5, 0.6) is 5.75 Å². The highest BCUT2D eigenvalue weighted by Gasteiger charge is 2.62. The molecule has 5 saturated carbocycles. The van der Waals surface area contributed by atoms with Gasteiger partial charge in [-0.1, -0.05) is 26.0 Å². The van der Waals surface area contributed by atoms with Crippen molar-refractivity contribution in [2.75, 3.05) is 6.61 Å². The van der Waals surface area contributed by atoms with Gasteiger partial charge in [-0.3, -0.25) is 9.59 Å². The first-order valence-corrected chi connectivity index (χ1v) is 12.0. The van der Waals surface area contributed by atoms with E-state index in [1.54, 1.807) is 0 Å². The Kier molecular flexibility index (Phi) is 4.87. The molecular weight excluding hydrogens is 388 g/mol. The third-order valence-corrected chi connectivity index (χ3v) is 8.15. The Morgan fingerprint density at radius 2 is 1.68 bits per heavy atom. The molecule has 3 atom stereocenters. The molecule has 5 nitrogen and oxygen atoms in total. The predicted octanol–water partition coefficient (Wildman–Crippen LogP) is 4.52. The zero-order chi connectivity index (χ0) is 21.9. The first-order chi connectivity index (χ1) is 14.7. The molecule has 5 aliphatic rings. The Morgan fingerprint density at radius 1 is 1.03 bits per heavy atom. The molecular formula is C26H36N2O3. The number of hydrogen-bond acceptors (Lipinski definition) is 3. The van der Waals surface area contributed by atoms with Gasteiger partial charge in [0.25, 0.3) is 5.91 Å². The number of hydrogen-bond donors (Lipinski definition) is 2. The minimum absolute atomic E-state index is 0.0450. The summed E-state index contributed by atoms with van der Waals surface area (Å²) in [6.45, 7) is 6.92. The summed E-state index contributed by atoms with van der Waals surface area (Å²) in [6.07, 6.45) is 9.17. The Balaban J connectivity index is 1.19. The van der Waals surface area contributed by atoms with E-state index in [-0.39, 0.29) is 29.9 Å². The van der Waals surface area contributed by atoms with E-state index in [9.17, 15) is 9.59 Å². The Hall–Kier alpha value is -2.04. The molecule has 4 bridgehead atoms. The molecule has 0 radical (unpaired) electrons. The summed E-state index contributed by atoms with van der Waals surface area (Å²) in [7, 11) is 0. The van der Waals surface area contributed by atoms with Crippen LogP contribution >= 0.6 is 0 Å². The molecule has 0 aliphatic heterocycles. The minimum atomic E-state index is -0.185. The summed E-state index contributed by atoms with van der Waals surface area (Å²) in [5.41, 5.74) is 1.54. The van der Waals surface area contributed by atoms with Gasteiger partial charge in [0.15, 0.2) is 6.61 Å². The molecule has 5 heteroatoms. The van der Waals surface area contributed by atoms with E-state index in [0.717, 1.165) is 37.7 Å². The molecule has 3 unspecified atom stereocenters. The highest BCUT2D eigenvalue weighted by molar-refractivity contribution is 5.84. The smallest absolute Gasteiger partial charge is 0.258 e. The Labute approximate surface area is 185 Å². The van der Waals surface area contributed by atoms with Crippen LogP contribution in [0, 0.1) is 22.2 Å². The van der Waals surface area contributed by atoms with E-state index in [0.29, 0.717) is 28.5 Å². The third kappa shape index (κ3) is 4.20. The monoisotopic (exact) mass is 424 g/mol. The SMILES string of the molecule is CC(NC(=O)C12CC3CC(C)(CC(C)(C3)C1)C2)c1ccc(OCC(=O)NC2CC2)cc1. The Morgan fingerprint density at radius 3 is 2.26 bits per heavy atom. The summed E-state index contributed by atoms with van der Waals surface area (Å²) in [5, 5.41) is 6.27. The van der Waals surface area contributed by atoms with Gasteiger partial charge in [0.1, 0.15) is 5.75 Å². The zero-order valence-electron chi connectivity index (χ0n) is 19.1. The third-order valence-electron chi connectivity index (χ3n) is 8.15. The van der Waals surface area contributed by atoms with Gasteiger partial charge in [-0.15, -0.1) is 0 Å². The number of nitrogens with one attached hydrogen (secondary N) is 2. The van der Waals surface area contributed by atoms with Crippen LogP contribution in [0.4, 0.5) is 0 Å². The molecule has 0 aromatic heterocycles. The molecule has 0 heterocycles. The second-order valence-corrected chi connectivity index (χ2v) is 11.8. The maximum Gasteiger partial charge on any atom is 0.258 e. The lowest BCUT2D eigenvalue weighted by Crippen LogP contribution is -2.60. The van der Waals surface area contributed by atoms with E-state index >= 15 is 0 Å². The highest BCUT2D eigenvalue weighted by atomic mass is 16.5. The summed E-state index contributed by atoms with van der Waals surface area (Å²) >= 11 is 0. The second kappa shape index (κ2) is 7.25. The number of benzene rings is 1. The van der Waals surface area contributed by atoms with Crippen molar-refractivity contribution in [3.8, 4) is 5.75 Å². The average Bonchev–Trinajstić information content (AvgIpc) is 3.48. The van der Waals surface area contributed by atoms with Crippen LogP contribution in [-0.2, 0) is 9.59 Å². The van der Waals surface area contributed by atoms with Crippen LogP contribution in [0.15, 0.2) is 24.3 Å². The van der Waals surface area contributed by atoms with Gasteiger partial charge >= 0.3 is 0 Å². The molecule has 6 rings (SSSR count). The van der Waals surface area contributed by atoms with Gasteiger partial charge in [0.05, 0.1) is 11.5 Å². The number of amides is 2. The standard InChI is InChI=1S/C26H36N2O3/c1-17(19-4-8-21(9-5-19)31-13-22(29)28-20-6-7-20)27-23(30)26-12-18-10-24(2,15-26)14-25(3,11-18)16-26/h4-5,8-9,17-18,20H,6-7,10-16H2,1-3H3,(H,27,30)(H,28,29). The fourth-order valence-corrected chi connectivity index (χ4v) is 7.63. The van der Waals surface area contributed by atoms with Crippen LogP contribution in [-0.4, -0.2) is 24.5 Å². The van der Waals surface area contributed by atoms with Crippen LogP contribution < -0.4 is 15.4 Å². The van der Waals surface area contributed by atoms with E-state index in [4.69, 9.17) is 4.74 Å². The average molecular weight is 425 g/mol. The van der Waals surface area contributed by atoms with Crippen LogP contribution in [0.1, 0.15) is 83.7 Å². The topological polar surface area (TPSA) is 67.4 Å². The maximum atomic E-state index is 13.5.